The molecule has 5 rings (SSSR count). The Bertz CT molecular complexity index is 1980. The number of hydrogen-bond acceptors (Lipinski definition) is 8. The summed E-state index contributed by atoms with van der Waals surface area (Å²) in [5.41, 5.74) is 1.11. The van der Waals surface area contributed by atoms with Crippen molar-refractivity contribution in [3.8, 4) is 28.9 Å². The van der Waals surface area contributed by atoms with Gasteiger partial charge in [0.2, 0.25) is 17.7 Å². The maximum Gasteiger partial charge on any atom is 0.419 e. The Morgan fingerprint density at radius 3 is 2.42 bits per heavy atom. The lowest BCUT2D eigenvalue weighted by atomic mass is 10.0. The number of nitriles is 1. The zero-order valence-electron chi connectivity index (χ0n) is 23.7. The zero-order valence-corrected chi connectivity index (χ0v) is 23.7. The van der Waals surface area contributed by atoms with Gasteiger partial charge in [-0.05, 0) is 50.6 Å². The van der Waals surface area contributed by atoms with Gasteiger partial charge in [0.05, 0.1) is 47.3 Å². The van der Waals surface area contributed by atoms with Crippen LogP contribution in [0.15, 0.2) is 60.0 Å². The van der Waals surface area contributed by atoms with E-state index in [9.17, 15) is 23.2 Å². The van der Waals surface area contributed by atoms with E-state index in [1.54, 1.807) is 79.7 Å². The number of aromatic nitrogens is 5. The van der Waals surface area contributed by atoms with Crippen molar-refractivity contribution in [2.24, 2.45) is 12.0 Å². The molecule has 4 heterocycles. The summed E-state index contributed by atoms with van der Waals surface area (Å²) in [6.45, 7) is 4.79. The second-order valence-electron chi connectivity index (χ2n) is 10.4. The number of anilines is 1. The molecular formula is C29H25F3N8O3. The lowest BCUT2D eigenvalue weighted by Crippen LogP contribution is -2.28. The molecule has 0 aliphatic carbocycles. The molecule has 5 aromatic rings. The summed E-state index contributed by atoms with van der Waals surface area (Å²) in [6, 6.07) is 9.30. The molecule has 220 valence electrons. The molecule has 0 saturated carbocycles. The minimum Gasteiger partial charge on any atom is -0.481 e. The van der Waals surface area contributed by atoms with Gasteiger partial charge in [-0.3, -0.25) is 14.9 Å². The van der Waals surface area contributed by atoms with Gasteiger partial charge in [-0.25, -0.2) is 14.8 Å². The van der Waals surface area contributed by atoms with Crippen LogP contribution in [0.5, 0.6) is 5.88 Å². The average molecular weight is 591 g/mol. The van der Waals surface area contributed by atoms with Gasteiger partial charge in [0.25, 0.3) is 0 Å². The number of fused-ring (bicyclic) bond motifs is 3. The quantitative estimate of drug-likeness (QED) is 0.264. The van der Waals surface area contributed by atoms with Crippen molar-refractivity contribution < 1.29 is 27.4 Å². The number of nitrogens with one attached hydrogen (secondary N) is 1. The average Bonchev–Trinajstić information content (AvgIpc) is 3.23. The molecular weight excluding hydrogens is 565 g/mol. The molecule has 1 amide bonds. The van der Waals surface area contributed by atoms with Crippen LogP contribution in [-0.4, -0.2) is 42.9 Å². The summed E-state index contributed by atoms with van der Waals surface area (Å²) < 4.78 is 56.0. The van der Waals surface area contributed by atoms with Gasteiger partial charge in [0, 0.05) is 30.3 Å². The van der Waals surface area contributed by atoms with E-state index in [-0.39, 0.29) is 11.2 Å². The number of aryl methyl sites for hydroxylation is 1. The van der Waals surface area contributed by atoms with Crippen molar-refractivity contribution in [1.82, 2.24) is 24.1 Å². The first kappa shape index (κ1) is 29.1. The molecule has 0 unspecified atom stereocenters. The predicted molar refractivity (Wildman–Crippen MR) is 151 cm³/mol. The van der Waals surface area contributed by atoms with Crippen molar-refractivity contribution in [3.63, 3.8) is 0 Å². The summed E-state index contributed by atoms with van der Waals surface area (Å²) in [7, 11) is 3.21. The topological polar surface area (TPSA) is 132 Å². The number of methoxy groups -OCH3 is 1. The molecule has 1 N–H and O–H groups in total. The number of carbonyl (C=O) groups is 1. The molecule has 0 saturated heterocycles. The lowest BCUT2D eigenvalue weighted by molar-refractivity contribution is -0.137. The Kier molecular flexibility index (Phi) is 7.26. The molecule has 0 spiro atoms. The summed E-state index contributed by atoms with van der Waals surface area (Å²) in [4.78, 5) is 28.9. The van der Waals surface area contributed by atoms with Crippen molar-refractivity contribution in [3.05, 3.63) is 66.2 Å². The number of nitrogens with zero attached hydrogens (tertiary/aromatic N) is 7. The minimum atomic E-state index is -4.82. The number of rotatable bonds is 4. The van der Waals surface area contributed by atoms with Gasteiger partial charge in [-0.2, -0.15) is 18.4 Å². The van der Waals surface area contributed by atoms with E-state index in [0.29, 0.717) is 39.1 Å². The Morgan fingerprint density at radius 1 is 1.02 bits per heavy atom. The Labute approximate surface area is 242 Å². The fraction of sp³-hybridized carbons (Fsp3) is 0.241. The third-order valence-corrected chi connectivity index (χ3v) is 6.39. The lowest BCUT2D eigenvalue weighted by Gasteiger charge is -2.20. The van der Waals surface area contributed by atoms with E-state index >= 15 is 0 Å². The highest BCUT2D eigenvalue weighted by Crippen LogP contribution is 2.37. The highest BCUT2D eigenvalue weighted by Gasteiger charge is 2.36. The summed E-state index contributed by atoms with van der Waals surface area (Å²) >= 11 is 0. The molecule has 43 heavy (non-hydrogen) atoms. The Morgan fingerprint density at radius 2 is 1.79 bits per heavy atom. The van der Waals surface area contributed by atoms with Gasteiger partial charge >= 0.3 is 12.3 Å². The first-order chi connectivity index (χ1) is 20.3. The number of imidazole rings is 1. The summed E-state index contributed by atoms with van der Waals surface area (Å²) in [5, 5.41) is 12.1. The smallest absolute Gasteiger partial charge is 0.419 e. The largest absolute Gasteiger partial charge is 0.481 e. The third-order valence-electron chi connectivity index (χ3n) is 6.39. The second kappa shape index (κ2) is 10.8. The normalized spacial score (nSPS) is 12.4. The molecule has 14 heteroatoms. The highest BCUT2D eigenvalue weighted by molar-refractivity contribution is 6.04. The monoisotopic (exact) mass is 590 g/mol. The standard InChI is InChI=1S/C29H25F3N8O3/c1-28(2,3)43-27(41)38-25-20(29(30,31)32)11-17(12-36-25)16-6-8-21-19(10-16)24-22(14-34-21)39(4)26(37-15-33)40(24)18-7-9-23(42-5)35-13-18/h6-14H,1-5H3,(H,36,38,41). The van der Waals surface area contributed by atoms with E-state index in [2.05, 4.69) is 25.3 Å². The van der Waals surface area contributed by atoms with Gasteiger partial charge in [0.1, 0.15) is 11.4 Å². The first-order valence-corrected chi connectivity index (χ1v) is 12.8. The van der Waals surface area contributed by atoms with Gasteiger partial charge < -0.3 is 14.0 Å². The first-order valence-electron chi connectivity index (χ1n) is 12.8. The van der Waals surface area contributed by atoms with Crippen LogP contribution >= 0.6 is 0 Å². The molecule has 1 aromatic carbocycles. The maximum atomic E-state index is 14.1. The third kappa shape index (κ3) is 5.69. The van der Waals surface area contributed by atoms with Crippen LogP contribution in [0.1, 0.15) is 26.3 Å². The molecule has 0 bridgehead atoms. The predicted octanol–water partition coefficient (Wildman–Crippen LogP) is 5.73. The molecule has 0 aliphatic heterocycles. The molecule has 4 aromatic heterocycles. The number of benzene rings is 1. The van der Waals surface area contributed by atoms with Crippen LogP contribution in [0.25, 0.3) is 38.8 Å². The number of amides is 1. The van der Waals surface area contributed by atoms with E-state index in [1.165, 1.54) is 13.3 Å². The van der Waals surface area contributed by atoms with Gasteiger partial charge in [-0.1, -0.05) is 6.07 Å². The van der Waals surface area contributed by atoms with Gasteiger partial charge in [-0.15, -0.1) is 4.99 Å². The number of ether oxygens (including phenoxy) is 2. The summed E-state index contributed by atoms with van der Waals surface area (Å²) in [5.74, 6) is -0.291. The Hall–Kier alpha value is -5.45. The van der Waals surface area contributed by atoms with Crippen molar-refractivity contribution >= 4 is 33.8 Å². The SMILES string of the molecule is COc1ccc(-n2c(=NC#N)n(C)c3cnc4ccc(-c5cnc(NC(=O)OC(C)(C)C)c(C(F)(F)F)c5)cc4c32)cn1. The van der Waals surface area contributed by atoms with E-state index in [1.807, 2.05) is 6.19 Å². The van der Waals surface area contributed by atoms with Crippen LogP contribution < -0.4 is 15.7 Å². The van der Waals surface area contributed by atoms with Crippen molar-refractivity contribution in [2.75, 3.05) is 12.4 Å². The van der Waals surface area contributed by atoms with Crippen LogP contribution in [0.3, 0.4) is 0 Å². The molecule has 11 nitrogen and oxygen atoms in total. The highest BCUT2D eigenvalue weighted by atomic mass is 19.4. The van der Waals surface area contributed by atoms with Crippen molar-refractivity contribution in [1.29, 1.82) is 5.26 Å². The minimum absolute atomic E-state index is 0.150. The fourth-order valence-corrected chi connectivity index (χ4v) is 4.56. The number of carbonyl (C=O) groups excluding carboxylic acids is 1. The summed E-state index contributed by atoms with van der Waals surface area (Å²) in [6.07, 6.45) is 0.357. The van der Waals surface area contributed by atoms with E-state index < -0.39 is 29.3 Å². The van der Waals surface area contributed by atoms with Crippen LogP contribution in [0.2, 0.25) is 0 Å². The maximum absolute atomic E-state index is 14.1. The van der Waals surface area contributed by atoms with Crippen LogP contribution in [0.4, 0.5) is 23.8 Å². The molecule has 0 atom stereocenters. The number of hydrogen-bond donors (Lipinski definition) is 1. The molecule has 0 aliphatic rings. The molecule has 0 radical (unpaired) electrons. The van der Waals surface area contributed by atoms with Crippen LogP contribution in [-0.2, 0) is 18.0 Å². The van der Waals surface area contributed by atoms with Crippen LogP contribution in [0, 0.1) is 11.5 Å². The number of pyridine rings is 3. The second-order valence-corrected chi connectivity index (χ2v) is 10.4. The van der Waals surface area contributed by atoms with E-state index in [0.717, 1.165) is 6.07 Å². The fourth-order valence-electron chi connectivity index (χ4n) is 4.56. The van der Waals surface area contributed by atoms with E-state index in [4.69, 9.17) is 9.47 Å². The van der Waals surface area contributed by atoms with Crippen molar-refractivity contribution in [2.45, 2.75) is 32.5 Å². The molecule has 0 fully saturated rings. The number of halogens is 3. The van der Waals surface area contributed by atoms with Gasteiger partial charge in [0.15, 0.2) is 0 Å². The zero-order chi connectivity index (χ0) is 31.1. The Balaban J connectivity index is 1.71. The number of alkyl halides is 3.